The maximum atomic E-state index is 12.1. The van der Waals surface area contributed by atoms with Crippen molar-refractivity contribution in [3.05, 3.63) is 28.8 Å². The Morgan fingerprint density at radius 3 is 2.45 bits per heavy atom. The van der Waals surface area contributed by atoms with Crippen LogP contribution < -0.4 is 10.5 Å². The highest BCUT2D eigenvalue weighted by molar-refractivity contribution is 7.89. The summed E-state index contributed by atoms with van der Waals surface area (Å²) in [5, 5.41) is 8.03. The molecule has 0 saturated heterocycles. The van der Waals surface area contributed by atoms with Crippen molar-refractivity contribution in [3.8, 4) is 0 Å². The van der Waals surface area contributed by atoms with Gasteiger partial charge in [-0.05, 0) is 50.5 Å². The molecule has 0 saturated carbocycles. The first-order chi connectivity index (χ1) is 9.16. The third-order valence-corrected chi connectivity index (χ3v) is 4.32. The number of hydrogen-bond acceptors (Lipinski definition) is 3. The van der Waals surface area contributed by atoms with Gasteiger partial charge in [-0.1, -0.05) is 13.3 Å². The molecule has 0 bridgehead atoms. The van der Waals surface area contributed by atoms with Crippen LogP contribution in [-0.2, 0) is 10.0 Å². The second kappa shape index (κ2) is 6.37. The summed E-state index contributed by atoms with van der Waals surface area (Å²) in [6, 6.07) is 3.07. The van der Waals surface area contributed by atoms with Crippen LogP contribution in [0.5, 0.6) is 0 Å². The standard InChI is InChI=1S/C14H22N2O3S/c1-5-6-10(3)16-14(17)12-7-9(2)11(4)13(8-12)20(15,18)19/h7-8,10H,5-6H2,1-4H3,(H,16,17)(H2,15,18,19). The third kappa shape index (κ3) is 4.05. The molecule has 1 atom stereocenters. The largest absolute Gasteiger partial charge is 0.350 e. The Morgan fingerprint density at radius 2 is 1.95 bits per heavy atom. The van der Waals surface area contributed by atoms with E-state index in [0.29, 0.717) is 11.1 Å². The van der Waals surface area contributed by atoms with Crippen LogP contribution in [0.4, 0.5) is 0 Å². The van der Waals surface area contributed by atoms with Crippen LogP contribution in [0, 0.1) is 13.8 Å². The van der Waals surface area contributed by atoms with Crippen molar-refractivity contribution in [2.24, 2.45) is 5.14 Å². The fourth-order valence-corrected chi connectivity index (χ4v) is 2.94. The number of amides is 1. The van der Waals surface area contributed by atoms with E-state index >= 15 is 0 Å². The number of carbonyl (C=O) groups excluding carboxylic acids is 1. The molecule has 1 rings (SSSR count). The number of rotatable bonds is 5. The van der Waals surface area contributed by atoms with Crippen molar-refractivity contribution in [2.75, 3.05) is 0 Å². The summed E-state index contributed by atoms with van der Waals surface area (Å²) in [6.45, 7) is 7.40. The molecule has 112 valence electrons. The number of sulfonamides is 1. The SMILES string of the molecule is CCCC(C)NC(=O)c1cc(C)c(C)c(S(N)(=O)=O)c1. The van der Waals surface area contributed by atoms with E-state index in [1.807, 2.05) is 13.8 Å². The van der Waals surface area contributed by atoms with Gasteiger partial charge in [0.2, 0.25) is 10.0 Å². The number of benzene rings is 1. The summed E-state index contributed by atoms with van der Waals surface area (Å²) in [6.07, 6.45) is 1.84. The first kappa shape index (κ1) is 16.7. The molecule has 1 unspecified atom stereocenters. The molecule has 3 N–H and O–H groups in total. The Kier molecular flexibility index (Phi) is 5.30. The molecule has 1 aromatic carbocycles. The van der Waals surface area contributed by atoms with Gasteiger partial charge in [0, 0.05) is 11.6 Å². The van der Waals surface area contributed by atoms with Gasteiger partial charge in [-0.15, -0.1) is 0 Å². The second-order valence-corrected chi connectivity index (χ2v) is 6.65. The van der Waals surface area contributed by atoms with Crippen LogP contribution in [0.3, 0.4) is 0 Å². The van der Waals surface area contributed by atoms with Crippen LogP contribution in [0.25, 0.3) is 0 Å². The van der Waals surface area contributed by atoms with E-state index < -0.39 is 10.0 Å². The van der Waals surface area contributed by atoms with Gasteiger partial charge in [-0.25, -0.2) is 13.6 Å². The highest BCUT2D eigenvalue weighted by Gasteiger charge is 2.18. The van der Waals surface area contributed by atoms with Gasteiger partial charge in [-0.2, -0.15) is 0 Å². The maximum absolute atomic E-state index is 12.1. The molecule has 0 aliphatic heterocycles. The van der Waals surface area contributed by atoms with Gasteiger partial charge in [0.25, 0.3) is 5.91 Å². The van der Waals surface area contributed by atoms with Gasteiger partial charge in [0.15, 0.2) is 0 Å². The van der Waals surface area contributed by atoms with Crippen molar-refractivity contribution in [1.82, 2.24) is 5.32 Å². The summed E-state index contributed by atoms with van der Waals surface area (Å²) in [5.41, 5.74) is 1.62. The Bertz CT molecular complexity index is 609. The van der Waals surface area contributed by atoms with Crippen LogP contribution in [0.1, 0.15) is 48.2 Å². The molecule has 1 amide bonds. The molecule has 0 aliphatic rings. The zero-order valence-electron chi connectivity index (χ0n) is 12.4. The summed E-state index contributed by atoms with van der Waals surface area (Å²) >= 11 is 0. The molecular weight excluding hydrogens is 276 g/mol. The second-order valence-electron chi connectivity index (χ2n) is 5.12. The average molecular weight is 298 g/mol. The van der Waals surface area contributed by atoms with Crippen LogP contribution in [0.2, 0.25) is 0 Å². The monoisotopic (exact) mass is 298 g/mol. The van der Waals surface area contributed by atoms with Crippen molar-refractivity contribution >= 4 is 15.9 Å². The molecule has 5 nitrogen and oxygen atoms in total. The molecular formula is C14H22N2O3S. The van der Waals surface area contributed by atoms with Crippen molar-refractivity contribution < 1.29 is 13.2 Å². The molecule has 0 spiro atoms. The Hall–Kier alpha value is -1.40. The molecule has 0 fully saturated rings. The number of carbonyl (C=O) groups is 1. The first-order valence-corrected chi connectivity index (χ1v) is 8.16. The average Bonchev–Trinajstić information content (AvgIpc) is 2.30. The fraction of sp³-hybridized carbons (Fsp3) is 0.500. The molecule has 6 heteroatoms. The number of primary sulfonamides is 1. The van der Waals surface area contributed by atoms with Gasteiger partial charge >= 0.3 is 0 Å². The molecule has 1 aromatic rings. The van der Waals surface area contributed by atoms with E-state index in [1.165, 1.54) is 6.07 Å². The zero-order chi connectivity index (χ0) is 15.5. The van der Waals surface area contributed by atoms with Crippen LogP contribution in [0.15, 0.2) is 17.0 Å². The predicted molar refractivity (Wildman–Crippen MR) is 79.1 cm³/mol. The van der Waals surface area contributed by atoms with Gasteiger partial charge < -0.3 is 5.32 Å². The number of nitrogens with one attached hydrogen (secondary N) is 1. The molecule has 20 heavy (non-hydrogen) atoms. The summed E-state index contributed by atoms with van der Waals surface area (Å²) < 4.78 is 23.1. The topological polar surface area (TPSA) is 89.3 Å². The van der Waals surface area contributed by atoms with E-state index in [1.54, 1.807) is 19.9 Å². The fourth-order valence-electron chi connectivity index (χ4n) is 2.07. The minimum atomic E-state index is -3.83. The van der Waals surface area contributed by atoms with Crippen molar-refractivity contribution in [1.29, 1.82) is 0 Å². The predicted octanol–water partition coefficient (Wildman–Crippen LogP) is 1.87. The lowest BCUT2D eigenvalue weighted by Gasteiger charge is -2.15. The van der Waals surface area contributed by atoms with E-state index in [9.17, 15) is 13.2 Å². The van der Waals surface area contributed by atoms with Gasteiger partial charge in [0.1, 0.15) is 0 Å². The lowest BCUT2D eigenvalue weighted by atomic mass is 10.1. The first-order valence-electron chi connectivity index (χ1n) is 6.61. The Balaban J connectivity index is 3.15. The van der Waals surface area contributed by atoms with E-state index in [-0.39, 0.29) is 16.8 Å². The van der Waals surface area contributed by atoms with Crippen LogP contribution >= 0.6 is 0 Å². The Morgan fingerprint density at radius 1 is 1.35 bits per heavy atom. The lowest BCUT2D eigenvalue weighted by Crippen LogP contribution is -2.32. The minimum absolute atomic E-state index is 0.00537. The summed E-state index contributed by atoms with van der Waals surface area (Å²) in [7, 11) is -3.83. The molecule has 0 aromatic heterocycles. The summed E-state index contributed by atoms with van der Waals surface area (Å²) in [5.74, 6) is -0.279. The smallest absolute Gasteiger partial charge is 0.251 e. The van der Waals surface area contributed by atoms with Gasteiger partial charge in [0.05, 0.1) is 4.90 Å². The third-order valence-electron chi connectivity index (χ3n) is 3.29. The van der Waals surface area contributed by atoms with E-state index in [4.69, 9.17) is 5.14 Å². The summed E-state index contributed by atoms with van der Waals surface area (Å²) in [4.78, 5) is 12.1. The normalized spacial score (nSPS) is 13.1. The number of hydrogen-bond donors (Lipinski definition) is 2. The van der Waals surface area contributed by atoms with Crippen LogP contribution in [-0.4, -0.2) is 20.4 Å². The molecule has 0 aliphatic carbocycles. The Labute approximate surface area is 120 Å². The van der Waals surface area contributed by atoms with E-state index in [2.05, 4.69) is 5.32 Å². The quantitative estimate of drug-likeness (QED) is 0.869. The number of aryl methyl sites for hydroxylation is 1. The van der Waals surface area contributed by atoms with Crippen molar-refractivity contribution in [2.45, 2.75) is 51.5 Å². The van der Waals surface area contributed by atoms with Crippen molar-refractivity contribution in [3.63, 3.8) is 0 Å². The molecule has 0 heterocycles. The lowest BCUT2D eigenvalue weighted by molar-refractivity contribution is 0.0938. The van der Waals surface area contributed by atoms with E-state index in [0.717, 1.165) is 18.4 Å². The molecule has 0 radical (unpaired) electrons. The zero-order valence-corrected chi connectivity index (χ0v) is 13.2. The highest BCUT2D eigenvalue weighted by atomic mass is 32.2. The maximum Gasteiger partial charge on any atom is 0.251 e. The highest BCUT2D eigenvalue weighted by Crippen LogP contribution is 2.20. The van der Waals surface area contributed by atoms with Gasteiger partial charge in [-0.3, -0.25) is 4.79 Å². The number of nitrogens with two attached hydrogens (primary N) is 1. The minimum Gasteiger partial charge on any atom is -0.350 e.